The highest BCUT2D eigenvalue weighted by atomic mass is 19.1. The zero-order chi connectivity index (χ0) is 22.2. The minimum absolute atomic E-state index is 0.0323. The minimum Gasteiger partial charge on any atom is -0.369 e. The number of nitro benzene ring substituents is 2. The summed E-state index contributed by atoms with van der Waals surface area (Å²) < 4.78 is 14.7. The number of non-ortho nitro benzene ring substituents is 1. The Morgan fingerprint density at radius 3 is 2.57 bits per heavy atom. The minimum atomic E-state index is -0.746. The second kappa shape index (κ2) is 7.69. The van der Waals surface area contributed by atoms with Crippen molar-refractivity contribution in [3.63, 3.8) is 0 Å². The molecule has 0 amide bonds. The van der Waals surface area contributed by atoms with Crippen LogP contribution in [0.4, 0.5) is 27.1 Å². The lowest BCUT2D eigenvalue weighted by Crippen LogP contribution is -2.45. The summed E-state index contributed by atoms with van der Waals surface area (Å²) in [5.74, 6) is -0.239. The van der Waals surface area contributed by atoms with Crippen LogP contribution in [0.3, 0.4) is 0 Å². The highest BCUT2D eigenvalue weighted by Gasteiger charge is 2.34. The van der Waals surface area contributed by atoms with Gasteiger partial charge in [-0.25, -0.2) is 4.39 Å². The summed E-state index contributed by atoms with van der Waals surface area (Å²) in [6, 6.07) is 6.37. The molecule has 0 aliphatic carbocycles. The van der Waals surface area contributed by atoms with Crippen LogP contribution >= 0.6 is 0 Å². The molecule has 1 heterocycles. The molecular weight excluding hydrogens is 393 g/mol. The average Bonchev–Trinajstić information content (AvgIpc) is 2.66. The van der Waals surface area contributed by atoms with Gasteiger partial charge in [0.05, 0.1) is 22.1 Å². The Hall–Kier alpha value is -3.56. The van der Waals surface area contributed by atoms with Gasteiger partial charge in [0.2, 0.25) is 0 Å². The number of benzene rings is 2. The summed E-state index contributed by atoms with van der Waals surface area (Å²) in [5, 5.41) is 25.9. The first kappa shape index (κ1) is 21.2. The number of rotatable bonds is 5. The number of nitro groups is 2. The molecule has 0 saturated heterocycles. The number of hydrogen-bond donors (Lipinski definition) is 1. The zero-order valence-electron chi connectivity index (χ0n) is 17.0. The van der Waals surface area contributed by atoms with E-state index >= 15 is 0 Å². The maximum absolute atomic E-state index is 14.7. The standard InChI is InChI=1S/C20H22FN5O4/c1-12-10-20(2,3)24(4)18-9-16(21)13(7-15(12)18)11-22-23-17-6-5-14(25(27)28)8-19(17)26(29)30/h5-9,11-12,23H,10H2,1-4H3/b22-11-. The predicted molar refractivity (Wildman–Crippen MR) is 113 cm³/mol. The molecule has 0 bridgehead atoms. The third kappa shape index (κ3) is 3.93. The largest absolute Gasteiger partial charge is 0.369 e. The Balaban J connectivity index is 1.89. The van der Waals surface area contributed by atoms with E-state index < -0.39 is 27.0 Å². The van der Waals surface area contributed by atoms with E-state index in [2.05, 4.69) is 36.2 Å². The summed E-state index contributed by atoms with van der Waals surface area (Å²) in [5.41, 5.74) is 3.52. The molecule has 1 atom stereocenters. The molecule has 0 saturated carbocycles. The van der Waals surface area contributed by atoms with Crippen LogP contribution in [0.2, 0.25) is 0 Å². The van der Waals surface area contributed by atoms with Gasteiger partial charge in [-0.15, -0.1) is 0 Å². The maximum Gasteiger partial charge on any atom is 0.301 e. The number of nitrogens with zero attached hydrogens (tertiary/aromatic N) is 4. The molecule has 1 unspecified atom stereocenters. The third-order valence-corrected chi connectivity index (χ3v) is 5.53. The van der Waals surface area contributed by atoms with E-state index in [1.165, 1.54) is 18.3 Å². The van der Waals surface area contributed by atoms with Crippen molar-refractivity contribution in [2.24, 2.45) is 5.10 Å². The van der Waals surface area contributed by atoms with Gasteiger partial charge >= 0.3 is 5.69 Å². The lowest BCUT2D eigenvalue weighted by Gasteiger charge is -2.45. The monoisotopic (exact) mass is 415 g/mol. The first-order valence-electron chi connectivity index (χ1n) is 9.30. The quantitative estimate of drug-likeness (QED) is 0.426. The second-order valence-corrected chi connectivity index (χ2v) is 7.99. The number of fused-ring (bicyclic) bond motifs is 1. The molecule has 0 aromatic heterocycles. The Kier molecular flexibility index (Phi) is 5.43. The molecule has 158 valence electrons. The normalized spacial score (nSPS) is 17.6. The van der Waals surface area contributed by atoms with Crippen LogP contribution in [0.25, 0.3) is 0 Å². The van der Waals surface area contributed by atoms with Crippen LogP contribution in [0.15, 0.2) is 35.4 Å². The van der Waals surface area contributed by atoms with Crippen molar-refractivity contribution in [1.82, 2.24) is 0 Å². The second-order valence-electron chi connectivity index (χ2n) is 7.99. The lowest BCUT2D eigenvalue weighted by atomic mass is 9.80. The molecule has 3 rings (SSSR count). The molecule has 1 aliphatic rings. The molecule has 2 aromatic rings. The maximum atomic E-state index is 14.7. The summed E-state index contributed by atoms with van der Waals surface area (Å²) >= 11 is 0. The fourth-order valence-corrected chi connectivity index (χ4v) is 3.75. The topological polar surface area (TPSA) is 114 Å². The van der Waals surface area contributed by atoms with Gasteiger partial charge in [-0.2, -0.15) is 5.10 Å². The fourth-order valence-electron chi connectivity index (χ4n) is 3.75. The van der Waals surface area contributed by atoms with Crippen LogP contribution in [0, 0.1) is 26.0 Å². The van der Waals surface area contributed by atoms with E-state index in [1.807, 2.05) is 7.05 Å². The van der Waals surface area contributed by atoms with Crippen LogP contribution in [-0.2, 0) is 0 Å². The van der Waals surface area contributed by atoms with Crippen LogP contribution < -0.4 is 10.3 Å². The van der Waals surface area contributed by atoms with E-state index in [9.17, 15) is 24.6 Å². The molecule has 0 radical (unpaired) electrons. The van der Waals surface area contributed by atoms with Crippen LogP contribution in [0.1, 0.15) is 44.2 Å². The van der Waals surface area contributed by atoms with Crippen molar-refractivity contribution in [3.05, 3.63) is 67.5 Å². The van der Waals surface area contributed by atoms with E-state index in [-0.39, 0.29) is 22.7 Å². The van der Waals surface area contributed by atoms with Crippen molar-refractivity contribution in [1.29, 1.82) is 0 Å². The molecule has 10 heteroatoms. The van der Waals surface area contributed by atoms with Crippen molar-refractivity contribution in [3.8, 4) is 0 Å². The first-order chi connectivity index (χ1) is 14.0. The summed E-state index contributed by atoms with van der Waals surface area (Å²) in [6.07, 6.45) is 2.15. The SMILES string of the molecule is CC1CC(C)(C)N(C)c2cc(F)c(/C=N\Nc3ccc([N+](=O)[O-])cc3[N+](=O)[O-])cc21. The number of hydrazone groups is 1. The first-order valence-corrected chi connectivity index (χ1v) is 9.30. The van der Waals surface area contributed by atoms with E-state index in [1.54, 1.807) is 6.07 Å². The molecule has 9 nitrogen and oxygen atoms in total. The van der Waals surface area contributed by atoms with Crippen molar-refractivity contribution in [2.45, 2.75) is 38.6 Å². The number of halogens is 1. The Morgan fingerprint density at radius 2 is 1.93 bits per heavy atom. The van der Waals surface area contributed by atoms with Crippen molar-refractivity contribution < 1.29 is 14.2 Å². The summed E-state index contributed by atoms with van der Waals surface area (Å²) in [6.45, 7) is 6.31. The number of hydrogen-bond acceptors (Lipinski definition) is 7. The van der Waals surface area contributed by atoms with Gasteiger partial charge < -0.3 is 4.90 Å². The number of nitrogens with one attached hydrogen (secondary N) is 1. The predicted octanol–water partition coefficient (Wildman–Crippen LogP) is 4.81. The molecule has 0 fully saturated rings. The Bertz CT molecular complexity index is 1050. The summed E-state index contributed by atoms with van der Waals surface area (Å²) in [7, 11) is 1.94. The third-order valence-electron chi connectivity index (χ3n) is 5.53. The van der Waals surface area contributed by atoms with Gasteiger partial charge in [0, 0.05) is 29.9 Å². The van der Waals surface area contributed by atoms with Crippen molar-refractivity contribution >= 4 is 29.0 Å². The average molecular weight is 415 g/mol. The molecule has 1 aliphatic heterocycles. The van der Waals surface area contributed by atoms with Crippen LogP contribution in [0.5, 0.6) is 0 Å². The van der Waals surface area contributed by atoms with Crippen molar-refractivity contribution in [2.75, 3.05) is 17.4 Å². The fraction of sp³-hybridized carbons (Fsp3) is 0.350. The zero-order valence-corrected chi connectivity index (χ0v) is 17.0. The Morgan fingerprint density at radius 1 is 1.23 bits per heavy atom. The molecule has 2 aromatic carbocycles. The van der Waals surface area contributed by atoms with Crippen LogP contribution in [-0.4, -0.2) is 28.6 Å². The highest BCUT2D eigenvalue weighted by Crippen LogP contribution is 2.43. The Labute approximate surface area is 172 Å². The van der Waals surface area contributed by atoms with E-state index in [0.29, 0.717) is 0 Å². The molecule has 0 spiro atoms. The van der Waals surface area contributed by atoms with E-state index in [0.717, 1.165) is 29.8 Å². The number of anilines is 2. The smallest absolute Gasteiger partial charge is 0.301 e. The molecule has 30 heavy (non-hydrogen) atoms. The summed E-state index contributed by atoms with van der Waals surface area (Å²) in [4.78, 5) is 22.6. The van der Waals surface area contributed by atoms with Gasteiger partial charge in [0.15, 0.2) is 0 Å². The van der Waals surface area contributed by atoms with E-state index in [4.69, 9.17) is 0 Å². The van der Waals surface area contributed by atoms with Gasteiger partial charge in [-0.1, -0.05) is 6.92 Å². The highest BCUT2D eigenvalue weighted by molar-refractivity contribution is 5.83. The lowest BCUT2D eigenvalue weighted by molar-refractivity contribution is -0.393. The molecular formula is C20H22FN5O4. The van der Waals surface area contributed by atoms with Gasteiger partial charge in [0.25, 0.3) is 5.69 Å². The van der Waals surface area contributed by atoms with Gasteiger partial charge in [-0.3, -0.25) is 25.7 Å². The van der Waals surface area contributed by atoms with Gasteiger partial charge in [0.1, 0.15) is 11.5 Å². The van der Waals surface area contributed by atoms with Gasteiger partial charge in [-0.05, 0) is 49.9 Å². The molecule has 1 N–H and O–H groups in total.